The van der Waals surface area contributed by atoms with Crippen molar-refractivity contribution >= 4 is 23.3 Å². The van der Waals surface area contributed by atoms with Gasteiger partial charge in [0.1, 0.15) is 0 Å². The number of hydrogen-bond donors (Lipinski definition) is 3. The zero-order valence-electron chi connectivity index (χ0n) is 10.7. The maximum absolute atomic E-state index is 11.7. The Balaban J connectivity index is 2.46. The first-order valence-electron chi connectivity index (χ1n) is 5.85. The standard InChI is InChI=1S/C13H19ClN2O2/c1-13(2,7-8-17)9-15-12(18)16-11-6-4-3-5-10(11)14/h3-6,17H,7-9H2,1-2H3,(H2,15,16,18). The Morgan fingerprint density at radius 1 is 1.39 bits per heavy atom. The van der Waals surface area contributed by atoms with E-state index in [1.807, 2.05) is 13.8 Å². The number of rotatable bonds is 5. The van der Waals surface area contributed by atoms with Crippen LogP contribution in [0.1, 0.15) is 20.3 Å². The fraction of sp³-hybridized carbons (Fsp3) is 0.462. The van der Waals surface area contributed by atoms with Gasteiger partial charge in [-0.15, -0.1) is 0 Å². The Morgan fingerprint density at radius 3 is 2.67 bits per heavy atom. The Morgan fingerprint density at radius 2 is 2.06 bits per heavy atom. The number of halogens is 1. The van der Waals surface area contributed by atoms with Gasteiger partial charge in [-0.3, -0.25) is 0 Å². The highest BCUT2D eigenvalue weighted by atomic mass is 35.5. The number of aliphatic hydroxyl groups excluding tert-OH is 1. The first kappa shape index (κ1) is 14.8. The van der Waals surface area contributed by atoms with Crippen molar-refractivity contribution in [2.75, 3.05) is 18.5 Å². The molecule has 1 aromatic rings. The topological polar surface area (TPSA) is 61.4 Å². The van der Waals surface area contributed by atoms with Crippen LogP contribution in [-0.4, -0.2) is 24.3 Å². The predicted octanol–water partition coefficient (Wildman–Crippen LogP) is 2.87. The number of aliphatic hydroxyl groups is 1. The highest BCUT2D eigenvalue weighted by molar-refractivity contribution is 6.33. The van der Waals surface area contributed by atoms with Crippen molar-refractivity contribution in [3.8, 4) is 0 Å². The highest BCUT2D eigenvalue weighted by Gasteiger charge is 2.18. The molecule has 0 aliphatic rings. The summed E-state index contributed by atoms with van der Waals surface area (Å²) < 4.78 is 0. The lowest BCUT2D eigenvalue weighted by Gasteiger charge is -2.23. The number of carbonyl (C=O) groups is 1. The molecule has 0 aliphatic heterocycles. The third-order valence-corrected chi connectivity index (χ3v) is 2.97. The first-order chi connectivity index (χ1) is 8.44. The van der Waals surface area contributed by atoms with Crippen molar-refractivity contribution in [2.24, 2.45) is 5.41 Å². The average Bonchev–Trinajstić information content (AvgIpc) is 2.30. The molecule has 0 unspecified atom stereocenters. The van der Waals surface area contributed by atoms with E-state index < -0.39 is 0 Å². The molecule has 0 spiro atoms. The minimum absolute atomic E-state index is 0.112. The largest absolute Gasteiger partial charge is 0.396 e. The lowest BCUT2D eigenvalue weighted by molar-refractivity contribution is 0.204. The fourth-order valence-corrected chi connectivity index (χ4v) is 1.62. The minimum Gasteiger partial charge on any atom is -0.396 e. The molecule has 18 heavy (non-hydrogen) atoms. The molecule has 0 aliphatic carbocycles. The van der Waals surface area contributed by atoms with Crippen molar-refractivity contribution in [3.63, 3.8) is 0 Å². The van der Waals surface area contributed by atoms with Crippen LogP contribution in [0.3, 0.4) is 0 Å². The van der Waals surface area contributed by atoms with Gasteiger partial charge in [0.2, 0.25) is 0 Å². The zero-order valence-corrected chi connectivity index (χ0v) is 11.4. The Hall–Kier alpha value is -1.26. The second-order valence-electron chi connectivity index (χ2n) is 4.93. The maximum Gasteiger partial charge on any atom is 0.319 e. The number of anilines is 1. The molecular weight excluding hydrogens is 252 g/mol. The molecule has 2 amide bonds. The van der Waals surface area contributed by atoms with Crippen LogP contribution >= 0.6 is 11.6 Å². The van der Waals surface area contributed by atoms with Crippen molar-refractivity contribution in [1.29, 1.82) is 0 Å². The lowest BCUT2D eigenvalue weighted by Crippen LogP contribution is -2.37. The summed E-state index contributed by atoms with van der Waals surface area (Å²) >= 11 is 5.93. The molecule has 1 aromatic carbocycles. The van der Waals surface area contributed by atoms with Gasteiger partial charge in [-0.2, -0.15) is 0 Å². The average molecular weight is 271 g/mol. The van der Waals surface area contributed by atoms with E-state index in [1.54, 1.807) is 24.3 Å². The Kier molecular flexibility index (Phi) is 5.44. The van der Waals surface area contributed by atoms with Gasteiger partial charge < -0.3 is 15.7 Å². The summed E-state index contributed by atoms with van der Waals surface area (Å²) in [6, 6.07) is 6.76. The van der Waals surface area contributed by atoms with Gasteiger partial charge in [0.15, 0.2) is 0 Å². The zero-order chi connectivity index (χ0) is 13.6. The number of amides is 2. The van der Waals surface area contributed by atoms with Crippen LogP contribution in [0.4, 0.5) is 10.5 Å². The van der Waals surface area contributed by atoms with Crippen LogP contribution in [0.25, 0.3) is 0 Å². The third-order valence-electron chi connectivity index (χ3n) is 2.64. The van der Waals surface area contributed by atoms with Gasteiger partial charge in [0, 0.05) is 13.2 Å². The van der Waals surface area contributed by atoms with Crippen molar-refractivity contribution in [1.82, 2.24) is 5.32 Å². The van der Waals surface area contributed by atoms with Gasteiger partial charge in [0.05, 0.1) is 10.7 Å². The van der Waals surface area contributed by atoms with Crippen LogP contribution in [0.5, 0.6) is 0 Å². The van der Waals surface area contributed by atoms with Crippen LogP contribution < -0.4 is 10.6 Å². The van der Waals surface area contributed by atoms with E-state index in [9.17, 15) is 4.79 Å². The summed E-state index contributed by atoms with van der Waals surface area (Å²) in [5.74, 6) is 0. The fourth-order valence-electron chi connectivity index (χ4n) is 1.44. The number of carbonyl (C=O) groups excluding carboxylic acids is 1. The van der Waals surface area contributed by atoms with Crippen LogP contribution in [-0.2, 0) is 0 Å². The molecule has 100 valence electrons. The van der Waals surface area contributed by atoms with E-state index in [4.69, 9.17) is 16.7 Å². The number of nitrogens with one attached hydrogen (secondary N) is 2. The van der Waals surface area contributed by atoms with Gasteiger partial charge in [-0.05, 0) is 24.0 Å². The normalized spacial score (nSPS) is 11.1. The van der Waals surface area contributed by atoms with Gasteiger partial charge in [-0.1, -0.05) is 37.6 Å². The molecule has 0 radical (unpaired) electrons. The molecule has 0 bridgehead atoms. The third kappa shape index (κ3) is 4.94. The molecule has 0 aromatic heterocycles. The van der Waals surface area contributed by atoms with E-state index in [0.29, 0.717) is 23.7 Å². The van der Waals surface area contributed by atoms with Gasteiger partial charge >= 0.3 is 6.03 Å². The number of para-hydroxylation sites is 1. The summed E-state index contributed by atoms with van der Waals surface area (Å²) in [6.45, 7) is 4.57. The van der Waals surface area contributed by atoms with E-state index in [2.05, 4.69) is 10.6 Å². The van der Waals surface area contributed by atoms with Gasteiger partial charge in [-0.25, -0.2) is 4.79 Å². The minimum atomic E-state index is -0.297. The van der Waals surface area contributed by atoms with Crippen LogP contribution in [0, 0.1) is 5.41 Å². The highest BCUT2D eigenvalue weighted by Crippen LogP contribution is 2.21. The summed E-state index contributed by atoms with van der Waals surface area (Å²) in [4.78, 5) is 11.7. The van der Waals surface area contributed by atoms with Crippen molar-refractivity contribution in [3.05, 3.63) is 29.3 Å². The summed E-state index contributed by atoms with van der Waals surface area (Å²) in [6.07, 6.45) is 0.638. The first-order valence-corrected chi connectivity index (χ1v) is 6.23. The molecule has 0 atom stereocenters. The van der Waals surface area contributed by atoms with Crippen molar-refractivity contribution in [2.45, 2.75) is 20.3 Å². The molecule has 0 saturated heterocycles. The molecule has 5 heteroatoms. The molecule has 1 rings (SSSR count). The smallest absolute Gasteiger partial charge is 0.319 e. The van der Waals surface area contributed by atoms with E-state index in [1.165, 1.54) is 0 Å². The second-order valence-corrected chi connectivity index (χ2v) is 5.33. The molecule has 3 N–H and O–H groups in total. The lowest BCUT2D eigenvalue weighted by atomic mass is 9.90. The summed E-state index contributed by atoms with van der Waals surface area (Å²) in [5.41, 5.74) is 0.448. The van der Waals surface area contributed by atoms with Crippen molar-refractivity contribution < 1.29 is 9.90 Å². The number of urea groups is 1. The van der Waals surface area contributed by atoms with E-state index >= 15 is 0 Å². The number of benzene rings is 1. The Labute approximate surface area is 112 Å². The summed E-state index contributed by atoms with van der Waals surface area (Å²) in [7, 11) is 0. The van der Waals surface area contributed by atoms with Crippen LogP contribution in [0.15, 0.2) is 24.3 Å². The number of hydrogen-bond acceptors (Lipinski definition) is 2. The molecule has 0 fully saturated rings. The van der Waals surface area contributed by atoms with Gasteiger partial charge in [0.25, 0.3) is 0 Å². The maximum atomic E-state index is 11.7. The SMILES string of the molecule is CC(C)(CCO)CNC(=O)Nc1ccccc1Cl. The predicted molar refractivity (Wildman–Crippen MR) is 74.0 cm³/mol. The quantitative estimate of drug-likeness (QED) is 0.770. The summed E-state index contributed by atoms with van der Waals surface area (Å²) in [5, 5.41) is 14.8. The molecule has 0 heterocycles. The molecular formula is C13H19ClN2O2. The Bertz CT molecular complexity index is 408. The molecule has 4 nitrogen and oxygen atoms in total. The monoisotopic (exact) mass is 270 g/mol. The molecule has 0 saturated carbocycles. The van der Waals surface area contributed by atoms with E-state index in [-0.39, 0.29) is 18.1 Å². The van der Waals surface area contributed by atoms with E-state index in [0.717, 1.165) is 0 Å². The van der Waals surface area contributed by atoms with Crippen LogP contribution in [0.2, 0.25) is 5.02 Å². The second kappa shape index (κ2) is 6.61.